The molecule has 1 heterocycles. The van der Waals surface area contributed by atoms with Gasteiger partial charge in [0.1, 0.15) is 5.82 Å². The van der Waals surface area contributed by atoms with Crippen LogP contribution in [0, 0.1) is 12.7 Å². The number of hydrogen-bond acceptors (Lipinski definition) is 2. The van der Waals surface area contributed by atoms with Crippen LogP contribution >= 0.6 is 0 Å². The predicted octanol–water partition coefficient (Wildman–Crippen LogP) is 1.88. The fourth-order valence-electron chi connectivity index (χ4n) is 0.914. The fourth-order valence-corrected chi connectivity index (χ4v) is 0.914. The lowest BCUT2D eigenvalue weighted by Crippen LogP contribution is -1.98. The van der Waals surface area contributed by atoms with Crippen molar-refractivity contribution >= 4 is 0 Å². The molecule has 3 heteroatoms. The van der Waals surface area contributed by atoms with E-state index >= 15 is 0 Å². The van der Waals surface area contributed by atoms with E-state index in [0.717, 1.165) is 6.42 Å². The van der Waals surface area contributed by atoms with Crippen LogP contribution < -0.4 is 0 Å². The van der Waals surface area contributed by atoms with Gasteiger partial charge in [-0.1, -0.05) is 13.3 Å². The van der Waals surface area contributed by atoms with Crippen molar-refractivity contribution in [3.63, 3.8) is 0 Å². The smallest absolute Gasteiger partial charge is 0.162 e. The van der Waals surface area contributed by atoms with Gasteiger partial charge in [-0.15, -0.1) is 0 Å². The summed E-state index contributed by atoms with van der Waals surface area (Å²) in [6.45, 7) is 3.76. The van der Waals surface area contributed by atoms with Crippen LogP contribution in [0.3, 0.4) is 0 Å². The molecule has 1 rings (SSSR count). The lowest BCUT2D eigenvalue weighted by atomic mass is 10.2. The number of nitrogens with zero attached hydrogens (tertiary/aromatic N) is 2. The standard InChI is InChI=1S/C8H11FN2/c1-3-4-8-7(9)5-10-6(2)11-8/h5H,3-4H2,1-2H3. The first-order valence-corrected chi connectivity index (χ1v) is 3.72. The lowest BCUT2D eigenvalue weighted by molar-refractivity contribution is 0.584. The molecule has 60 valence electrons. The van der Waals surface area contributed by atoms with Gasteiger partial charge in [0.2, 0.25) is 0 Å². The van der Waals surface area contributed by atoms with E-state index in [1.807, 2.05) is 6.92 Å². The maximum absolute atomic E-state index is 12.8. The zero-order valence-electron chi connectivity index (χ0n) is 6.76. The molecule has 0 unspecified atom stereocenters. The number of aromatic nitrogens is 2. The molecule has 0 saturated heterocycles. The molecule has 0 fully saturated rings. The Morgan fingerprint density at radius 2 is 2.27 bits per heavy atom. The van der Waals surface area contributed by atoms with Gasteiger partial charge in [-0.25, -0.2) is 14.4 Å². The molecule has 11 heavy (non-hydrogen) atoms. The van der Waals surface area contributed by atoms with E-state index < -0.39 is 0 Å². The van der Waals surface area contributed by atoms with E-state index in [-0.39, 0.29) is 5.82 Å². The molecule has 0 atom stereocenters. The van der Waals surface area contributed by atoms with Crippen molar-refractivity contribution in [2.24, 2.45) is 0 Å². The van der Waals surface area contributed by atoms with E-state index in [1.165, 1.54) is 6.20 Å². The average molecular weight is 154 g/mol. The van der Waals surface area contributed by atoms with Gasteiger partial charge in [0.15, 0.2) is 5.82 Å². The van der Waals surface area contributed by atoms with Crippen molar-refractivity contribution in [3.05, 3.63) is 23.5 Å². The number of halogens is 1. The van der Waals surface area contributed by atoms with Gasteiger partial charge in [-0.05, 0) is 13.3 Å². The Balaban J connectivity index is 2.93. The minimum atomic E-state index is -0.294. The summed E-state index contributed by atoms with van der Waals surface area (Å²) in [5.41, 5.74) is 0.528. The highest BCUT2D eigenvalue weighted by Crippen LogP contribution is 2.04. The van der Waals surface area contributed by atoms with Crippen molar-refractivity contribution in [1.29, 1.82) is 0 Å². The van der Waals surface area contributed by atoms with Gasteiger partial charge in [0.25, 0.3) is 0 Å². The van der Waals surface area contributed by atoms with E-state index in [4.69, 9.17) is 0 Å². The van der Waals surface area contributed by atoms with Crippen LogP contribution in [0.25, 0.3) is 0 Å². The highest BCUT2D eigenvalue weighted by molar-refractivity contribution is 5.04. The normalized spacial score (nSPS) is 10.1. The molecule has 2 nitrogen and oxygen atoms in total. The van der Waals surface area contributed by atoms with Gasteiger partial charge in [-0.2, -0.15) is 0 Å². The molecule has 1 aromatic heterocycles. The molecular weight excluding hydrogens is 143 g/mol. The van der Waals surface area contributed by atoms with Crippen LogP contribution in [-0.4, -0.2) is 9.97 Å². The molecule has 0 aromatic carbocycles. The summed E-state index contributed by atoms with van der Waals surface area (Å²) in [4.78, 5) is 7.71. The lowest BCUT2D eigenvalue weighted by Gasteiger charge is -1.99. The number of rotatable bonds is 2. The highest BCUT2D eigenvalue weighted by Gasteiger charge is 2.02. The second-order valence-corrected chi connectivity index (χ2v) is 2.46. The zero-order chi connectivity index (χ0) is 8.27. The first-order chi connectivity index (χ1) is 5.24. The summed E-state index contributed by atoms with van der Waals surface area (Å²) in [6.07, 6.45) is 2.83. The number of aryl methyl sites for hydroxylation is 2. The third-order valence-electron chi connectivity index (χ3n) is 1.42. The highest BCUT2D eigenvalue weighted by atomic mass is 19.1. The van der Waals surface area contributed by atoms with Crippen LogP contribution in [-0.2, 0) is 6.42 Å². The average Bonchev–Trinajstić information content (AvgIpc) is 1.98. The fraction of sp³-hybridized carbons (Fsp3) is 0.500. The summed E-state index contributed by atoms with van der Waals surface area (Å²) in [7, 11) is 0. The first-order valence-electron chi connectivity index (χ1n) is 3.72. The summed E-state index contributed by atoms with van der Waals surface area (Å²) in [6, 6.07) is 0. The first kappa shape index (κ1) is 8.11. The molecule has 1 aromatic rings. The molecule has 0 spiro atoms. The summed E-state index contributed by atoms with van der Waals surface area (Å²) < 4.78 is 12.8. The van der Waals surface area contributed by atoms with Crippen molar-refractivity contribution in [2.45, 2.75) is 26.7 Å². The molecule has 0 aliphatic heterocycles. The molecule has 0 amide bonds. The molecule has 0 aliphatic rings. The van der Waals surface area contributed by atoms with Gasteiger partial charge in [-0.3, -0.25) is 0 Å². The van der Waals surface area contributed by atoms with Crippen molar-refractivity contribution in [3.8, 4) is 0 Å². The van der Waals surface area contributed by atoms with Gasteiger partial charge < -0.3 is 0 Å². The Morgan fingerprint density at radius 1 is 1.55 bits per heavy atom. The monoisotopic (exact) mass is 154 g/mol. The van der Waals surface area contributed by atoms with Crippen LogP contribution in [0.15, 0.2) is 6.20 Å². The van der Waals surface area contributed by atoms with E-state index in [9.17, 15) is 4.39 Å². The predicted molar refractivity (Wildman–Crippen MR) is 40.7 cm³/mol. The molecular formula is C8H11FN2. The van der Waals surface area contributed by atoms with Gasteiger partial charge in [0.05, 0.1) is 11.9 Å². The Hall–Kier alpha value is -0.990. The van der Waals surface area contributed by atoms with Crippen molar-refractivity contribution in [1.82, 2.24) is 9.97 Å². The van der Waals surface area contributed by atoms with E-state index in [2.05, 4.69) is 9.97 Å². The van der Waals surface area contributed by atoms with Crippen molar-refractivity contribution < 1.29 is 4.39 Å². The third kappa shape index (κ3) is 1.97. The number of hydrogen-bond donors (Lipinski definition) is 0. The summed E-state index contributed by atoms with van der Waals surface area (Å²) >= 11 is 0. The SMILES string of the molecule is CCCc1nc(C)ncc1F. The third-order valence-corrected chi connectivity index (χ3v) is 1.42. The molecule has 0 radical (unpaired) electrons. The van der Waals surface area contributed by atoms with Crippen LogP contribution in [0.5, 0.6) is 0 Å². The Labute approximate surface area is 65.5 Å². The summed E-state index contributed by atoms with van der Waals surface area (Å²) in [5, 5.41) is 0. The minimum absolute atomic E-state index is 0.294. The minimum Gasteiger partial charge on any atom is -0.239 e. The van der Waals surface area contributed by atoms with Crippen LogP contribution in [0.4, 0.5) is 4.39 Å². The van der Waals surface area contributed by atoms with Crippen molar-refractivity contribution in [2.75, 3.05) is 0 Å². The molecule has 0 saturated carbocycles. The maximum Gasteiger partial charge on any atom is 0.162 e. The van der Waals surface area contributed by atoms with E-state index in [0.29, 0.717) is 17.9 Å². The largest absolute Gasteiger partial charge is 0.239 e. The summed E-state index contributed by atoms with van der Waals surface area (Å²) in [5.74, 6) is 0.340. The topological polar surface area (TPSA) is 25.8 Å². The Morgan fingerprint density at radius 3 is 2.91 bits per heavy atom. The second-order valence-electron chi connectivity index (χ2n) is 2.46. The van der Waals surface area contributed by atoms with Gasteiger partial charge >= 0.3 is 0 Å². The molecule has 0 N–H and O–H groups in total. The van der Waals surface area contributed by atoms with Crippen LogP contribution in [0.2, 0.25) is 0 Å². The van der Waals surface area contributed by atoms with E-state index in [1.54, 1.807) is 6.92 Å². The molecule has 0 aliphatic carbocycles. The Bertz CT molecular complexity index is 248. The zero-order valence-corrected chi connectivity index (χ0v) is 6.76. The Kier molecular flexibility index (Phi) is 2.52. The molecule has 0 bridgehead atoms. The van der Waals surface area contributed by atoms with Crippen LogP contribution in [0.1, 0.15) is 24.9 Å². The van der Waals surface area contributed by atoms with Gasteiger partial charge in [0, 0.05) is 0 Å². The quantitative estimate of drug-likeness (QED) is 0.650. The second kappa shape index (κ2) is 3.42. The maximum atomic E-state index is 12.8.